The van der Waals surface area contributed by atoms with E-state index in [1.165, 1.54) is 7.11 Å². The van der Waals surface area contributed by atoms with Crippen LogP contribution in [0.15, 0.2) is 36.4 Å². The number of carbonyl (C=O) groups is 3. The van der Waals surface area contributed by atoms with Gasteiger partial charge in [0.25, 0.3) is 5.91 Å². The van der Waals surface area contributed by atoms with Crippen LogP contribution >= 0.6 is 0 Å². The van der Waals surface area contributed by atoms with Crippen LogP contribution in [0.1, 0.15) is 29.6 Å². The molecule has 1 amide bonds. The zero-order chi connectivity index (χ0) is 16.7. The number of ether oxygens (including phenoxy) is 2. The average molecular weight is 317 g/mol. The first kappa shape index (κ1) is 16.7. The molecule has 1 N–H and O–H groups in total. The lowest BCUT2D eigenvalue weighted by Gasteiger charge is -2.11. The number of hydrogen-bond acceptors (Lipinski definition) is 5. The van der Waals surface area contributed by atoms with Crippen molar-refractivity contribution in [3.63, 3.8) is 0 Å². The summed E-state index contributed by atoms with van der Waals surface area (Å²) in [5.41, 5.74) is 0.560. The van der Waals surface area contributed by atoms with Gasteiger partial charge in [-0.15, -0.1) is 0 Å². The molecule has 0 fully saturated rings. The van der Waals surface area contributed by atoms with Crippen molar-refractivity contribution in [1.29, 1.82) is 0 Å². The lowest BCUT2D eigenvalue weighted by molar-refractivity contribution is -0.147. The average Bonchev–Trinajstić information content (AvgIpc) is 3.05. The molecule has 0 unspecified atom stereocenters. The van der Waals surface area contributed by atoms with E-state index in [9.17, 15) is 14.4 Å². The second-order valence-electron chi connectivity index (χ2n) is 5.22. The first-order valence-corrected chi connectivity index (χ1v) is 7.39. The molecule has 1 aliphatic rings. The van der Waals surface area contributed by atoms with Gasteiger partial charge in [0.1, 0.15) is 0 Å². The van der Waals surface area contributed by atoms with Gasteiger partial charge in [0, 0.05) is 0 Å². The summed E-state index contributed by atoms with van der Waals surface area (Å²) in [7, 11) is 1.26. The maximum absolute atomic E-state index is 11.9. The van der Waals surface area contributed by atoms with Gasteiger partial charge in [0.15, 0.2) is 6.61 Å². The number of esters is 2. The molecule has 1 aromatic carbocycles. The summed E-state index contributed by atoms with van der Waals surface area (Å²) in [4.78, 5) is 35.1. The normalized spacial score (nSPS) is 16.0. The van der Waals surface area contributed by atoms with Gasteiger partial charge in [0.2, 0.25) is 0 Å². The van der Waals surface area contributed by atoms with Gasteiger partial charge in [-0.3, -0.25) is 9.59 Å². The number of carbonyl (C=O) groups excluding carboxylic acids is 3. The fourth-order valence-corrected chi connectivity index (χ4v) is 2.35. The number of anilines is 1. The Morgan fingerprint density at radius 2 is 2.04 bits per heavy atom. The molecule has 0 saturated carbocycles. The van der Waals surface area contributed by atoms with Gasteiger partial charge in [-0.25, -0.2) is 4.79 Å². The van der Waals surface area contributed by atoms with E-state index < -0.39 is 17.8 Å². The lowest BCUT2D eigenvalue weighted by atomic mass is 10.1. The molecule has 122 valence electrons. The van der Waals surface area contributed by atoms with E-state index in [0.29, 0.717) is 5.69 Å². The van der Waals surface area contributed by atoms with E-state index in [-0.39, 0.29) is 24.5 Å². The number of para-hydroxylation sites is 1. The molecule has 1 atom stereocenters. The highest BCUT2D eigenvalue weighted by atomic mass is 16.5. The Balaban J connectivity index is 1.84. The van der Waals surface area contributed by atoms with Crippen molar-refractivity contribution in [2.24, 2.45) is 5.92 Å². The smallest absolute Gasteiger partial charge is 0.339 e. The second-order valence-corrected chi connectivity index (χ2v) is 5.22. The summed E-state index contributed by atoms with van der Waals surface area (Å²) in [5, 5.41) is 2.54. The van der Waals surface area contributed by atoms with Crippen molar-refractivity contribution in [1.82, 2.24) is 0 Å². The minimum atomic E-state index is -0.550. The lowest BCUT2D eigenvalue weighted by Crippen LogP contribution is -2.22. The van der Waals surface area contributed by atoms with E-state index >= 15 is 0 Å². The molecule has 0 radical (unpaired) electrons. The van der Waals surface area contributed by atoms with Gasteiger partial charge in [-0.05, 0) is 30.9 Å². The topological polar surface area (TPSA) is 81.7 Å². The summed E-state index contributed by atoms with van der Waals surface area (Å²) >= 11 is 0. The van der Waals surface area contributed by atoms with Crippen molar-refractivity contribution < 1.29 is 23.9 Å². The van der Waals surface area contributed by atoms with Crippen molar-refractivity contribution >= 4 is 23.5 Å². The van der Waals surface area contributed by atoms with Crippen molar-refractivity contribution in [2.45, 2.75) is 19.3 Å². The van der Waals surface area contributed by atoms with Crippen LogP contribution < -0.4 is 5.32 Å². The zero-order valence-corrected chi connectivity index (χ0v) is 12.9. The molecular weight excluding hydrogens is 298 g/mol. The predicted octanol–water partition coefficient (Wildman–Crippen LogP) is 2.31. The minimum Gasteiger partial charge on any atom is -0.465 e. The van der Waals surface area contributed by atoms with Gasteiger partial charge in [-0.1, -0.05) is 24.3 Å². The van der Waals surface area contributed by atoms with E-state index in [2.05, 4.69) is 10.1 Å². The Bertz CT molecular complexity index is 623. The highest BCUT2D eigenvalue weighted by Crippen LogP contribution is 2.20. The summed E-state index contributed by atoms with van der Waals surface area (Å²) in [6.07, 6.45) is 6.22. The number of rotatable bonds is 6. The number of nitrogens with one attached hydrogen (secondary N) is 1. The molecule has 0 aromatic heterocycles. The zero-order valence-electron chi connectivity index (χ0n) is 12.9. The third kappa shape index (κ3) is 4.95. The Morgan fingerprint density at radius 3 is 2.74 bits per heavy atom. The summed E-state index contributed by atoms with van der Waals surface area (Å²) in [5.74, 6) is -1.26. The van der Waals surface area contributed by atoms with Crippen molar-refractivity contribution in [3.8, 4) is 0 Å². The fraction of sp³-hybridized carbons (Fsp3) is 0.353. The van der Waals surface area contributed by atoms with Gasteiger partial charge in [-0.2, -0.15) is 0 Å². The molecular formula is C17H19NO5. The molecule has 23 heavy (non-hydrogen) atoms. The van der Waals surface area contributed by atoms with Crippen LogP contribution in [0.2, 0.25) is 0 Å². The second kappa shape index (κ2) is 8.12. The molecule has 0 heterocycles. The van der Waals surface area contributed by atoms with Gasteiger partial charge >= 0.3 is 11.9 Å². The number of methoxy groups -OCH3 is 1. The van der Waals surface area contributed by atoms with Crippen molar-refractivity contribution in [2.75, 3.05) is 19.0 Å². The Morgan fingerprint density at radius 1 is 1.26 bits per heavy atom. The van der Waals surface area contributed by atoms with E-state index in [1.807, 2.05) is 12.2 Å². The van der Waals surface area contributed by atoms with Gasteiger partial charge in [0.05, 0.1) is 24.8 Å². The maximum atomic E-state index is 11.9. The summed E-state index contributed by atoms with van der Waals surface area (Å²) in [6, 6.07) is 6.47. The number of allylic oxidation sites excluding steroid dienone is 2. The predicted molar refractivity (Wildman–Crippen MR) is 83.9 cm³/mol. The SMILES string of the molecule is COC(=O)c1ccccc1NC(=O)COC(=O)C[C@H]1C=CCC1. The molecule has 6 nitrogen and oxygen atoms in total. The molecule has 6 heteroatoms. The standard InChI is InChI=1S/C17H19NO5/c1-22-17(21)13-8-4-5-9-14(13)18-15(19)11-23-16(20)10-12-6-2-3-7-12/h2,4-6,8-9,12H,3,7,10-11H2,1H3,(H,18,19)/t12-/m0/s1. The highest BCUT2D eigenvalue weighted by Gasteiger charge is 2.17. The minimum absolute atomic E-state index is 0.200. The van der Waals surface area contributed by atoms with Crippen LogP contribution in [0, 0.1) is 5.92 Å². The molecule has 1 aliphatic carbocycles. The highest BCUT2D eigenvalue weighted by molar-refractivity contribution is 6.01. The fourth-order valence-electron chi connectivity index (χ4n) is 2.35. The van der Waals surface area contributed by atoms with Crippen LogP contribution in [0.5, 0.6) is 0 Å². The van der Waals surface area contributed by atoms with E-state index in [1.54, 1.807) is 24.3 Å². The first-order chi connectivity index (χ1) is 11.1. The molecule has 1 aromatic rings. The maximum Gasteiger partial charge on any atom is 0.339 e. The first-order valence-electron chi connectivity index (χ1n) is 7.39. The van der Waals surface area contributed by atoms with Crippen LogP contribution in [-0.2, 0) is 19.1 Å². The monoisotopic (exact) mass is 317 g/mol. The quantitative estimate of drug-likeness (QED) is 0.643. The van der Waals surface area contributed by atoms with Crippen LogP contribution in [0.3, 0.4) is 0 Å². The molecule has 0 spiro atoms. The van der Waals surface area contributed by atoms with Crippen LogP contribution in [-0.4, -0.2) is 31.6 Å². The molecule has 0 saturated heterocycles. The third-order valence-electron chi connectivity index (χ3n) is 3.51. The Kier molecular flexibility index (Phi) is 5.91. The molecule has 2 rings (SSSR count). The molecule has 0 bridgehead atoms. The Hall–Kier alpha value is -2.63. The van der Waals surface area contributed by atoms with E-state index in [4.69, 9.17) is 4.74 Å². The van der Waals surface area contributed by atoms with Crippen LogP contribution in [0.4, 0.5) is 5.69 Å². The Labute approximate surface area is 134 Å². The van der Waals surface area contributed by atoms with E-state index in [0.717, 1.165) is 12.8 Å². The number of hydrogen-bond donors (Lipinski definition) is 1. The third-order valence-corrected chi connectivity index (χ3v) is 3.51. The molecule has 0 aliphatic heterocycles. The largest absolute Gasteiger partial charge is 0.465 e. The number of benzene rings is 1. The summed E-state index contributed by atoms with van der Waals surface area (Å²) < 4.78 is 9.61. The summed E-state index contributed by atoms with van der Waals surface area (Å²) in [6.45, 7) is -0.384. The van der Waals surface area contributed by atoms with Gasteiger partial charge < -0.3 is 14.8 Å². The van der Waals surface area contributed by atoms with Crippen LogP contribution in [0.25, 0.3) is 0 Å². The number of amides is 1. The van der Waals surface area contributed by atoms with Crippen molar-refractivity contribution in [3.05, 3.63) is 42.0 Å².